The number of carbonyl (C=O) groups is 1. The van der Waals surface area contributed by atoms with Crippen molar-refractivity contribution in [3.8, 4) is 0 Å². The van der Waals surface area contributed by atoms with Crippen LogP contribution in [0.15, 0.2) is 40.9 Å². The molecule has 0 saturated heterocycles. The van der Waals surface area contributed by atoms with Crippen LogP contribution in [0.4, 0.5) is 15.8 Å². The molecule has 3 nitrogen and oxygen atoms in total. The van der Waals surface area contributed by atoms with Gasteiger partial charge in [-0.2, -0.15) is 0 Å². The summed E-state index contributed by atoms with van der Waals surface area (Å²) < 4.78 is 14.0. The SMILES string of the molecule is Cc1ccc(Br)cc1C(=O)Nc1cc(N)cc(F)c1. The fraction of sp³-hybridized carbons (Fsp3) is 0.0714. The van der Waals surface area contributed by atoms with E-state index in [2.05, 4.69) is 21.2 Å². The van der Waals surface area contributed by atoms with Gasteiger partial charge in [0.15, 0.2) is 0 Å². The standard InChI is InChI=1S/C14H12BrFN2O/c1-8-2-3-9(15)4-13(8)14(19)18-12-6-10(16)5-11(17)7-12/h2-7H,17H2,1H3,(H,18,19). The van der Waals surface area contributed by atoms with Crippen molar-refractivity contribution in [1.29, 1.82) is 0 Å². The van der Waals surface area contributed by atoms with Crippen LogP contribution < -0.4 is 11.1 Å². The van der Waals surface area contributed by atoms with Gasteiger partial charge in [0.25, 0.3) is 5.91 Å². The van der Waals surface area contributed by atoms with Gasteiger partial charge in [0, 0.05) is 21.4 Å². The molecule has 98 valence electrons. The van der Waals surface area contributed by atoms with Crippen molar-refractivity contribution in [2.45, 2.75) is 6.92 Å². The van der Waals surface area contributed by atoms with E-state index in [0.29, 0.717) is 11.3 Å². The highest BCUT2D eigenvalue weighted by molar-refractivity contribution is 9.10. The van der Waals surface area contributed by atoms with E-state index < -0.39 is 5.82 Å². The number of halogens is 2. The maximum atomic E-state index is 13.2. The Kier molecular flexibility index (Phi) is 3.85. The van der Waals surface area contributed by atoms with Crippen LogP contribution in [-0.4, -0.2) is 5.91 Å². The number of benzene rings is 2. The molecule has 0 saturated carbocycles. The van der Waals surface area contributed by atoms with Crippen LogP contribution in [0.2, 0.25) is 0 Å². The number of amides is 1. The maximum absolute atomic E-state index is 13.2. The summed E-state index contributed by atoms with van der Waals surface area (Å²) >= 11 is 3.31. The Balaban J connectivity index is 2.28. The Labute approximate surface area is 118 Å². The van der Waals surface area contributed by atoms with E-state index in [1.807, 2.05) is 19.1 Å². The lowest BCUT2D eigenvalue weighted by molar-refractivity contribution is 0.102. The molecular weight excluding hydrogens is 311 g/mol. The fourth-order valence-corrected chi connectivity index (χ4v) is 2.08. The molecule has 0 aliphatic heterocycles. The lowest BCUT2D eigenvalue weighted by atomic mass is 10.1. The van der Waals surface area contributed by atoms with Gasteiger partial charge < -0.3 is 11.1 Å². The van der Waals surface area contributed by atoms with Crippen molar-refractivity contribution in [3.63, 3.8) is 0 Å². The number of anilines is 2. The quantitative estimate of drug-likeness (QED) is 0.828. The van der Waals surface area contributed by atoms with E-state index in [1.165, 1.54) is 18.2 Å². The third-order valence-electron chi connectivity index (χ3n) is 2.62. The predicted octanol–water partition coefficient (Wildman–Crippen LogP) is 3.73. The molecule has 0 heterocycles. The predicted molar refractivity (Wildman–Crippen MR) is 77.6 cm³/mol. The smallest absolute Gasteiger partial charge is 0.255 e. The minimum Gasteiger partial charge on any atom is -0.399 e. The van der Waals surface area contributed by atoms with Crippen molar-refractivity contribution in [1.82, 2.24) is 0 Å². The van der Waals surface area contributed by atoms with Gasteiger partial charge in [-0.3, -0.25) is 4.79 Å². The summed E-state index contributed by atoms with van der Waals surface area (Å²) in [7, 11) is 0. The summed E-state index contributed by atoms with van der Waals surface area (Å²) in [5.74, 6) is -0.787. The van der Waals surface area contributed by atoms with Gasteiger partial charge in [0.2, 0.25) is 0 Å². The van der Waals surface area contributed by atoms with Crippen molar-refractivity contribution in [3.05, 3.63) is 57.8 Å². The Hall–Kier alpha value is -1.88. The number of rotatable bonds is 2. The number of carbonyl (C=O) groups excluding carboxylic acids is 1. The van der Waals surface area contributed by atoms with Crippen LogP contribution in [0.25, 0.3) is 0 Å². The second-order valence-electron chi connectivity index (χ2n) is 4.19. The average Bonchev–Trinajstić information content (AvgIpc) is 2.30. The molecule has 2 aromatic carbocycles. The first-order valence-electron chi connectivity index (χ1n) is 5.59. The van der Waals surface area contributed by atoms with E-state index in [1.54, 1.807) is 6.07 Å². The molecule has 3 N–H and O–H groups in total. The molecule has 0 bridgehead atoms. The van der Waals surface area contributed by atoms with Crippen LogP contribution in [0.5, 0.6) is 0 Å². The molecule has 0 atom stereocenters. The van der Waals surface area contributed by atoms with Crippen LogP contribution in [0.1, 0.15) is 15.9 Å². The molecular formula is C14H12BrFN2O. The van der Waals surface area contributed by atoms with Gasteiger partial charge in [0.1, 0.15) is 5.82 Å². The van der Waals surface area contributed by atoms with E-state index >= 15 is 0 Å². The molecule has 5 heteroatoms. The molecule has 0 spiro atoms. The summed E-state index contributed by atoms with van der Waals surface area (Å²) in [5, 5.41) is 2.63. The summed E-state index contributed by atoms with van der Waals surface area (Å²) in [6, 6.07) is 9.33. The highest BCUT2D eigenvalue weighted by Gasteiger charge is 2.10. The largest absolute Gasteiger partial charge is 0.399 e. The highest BCUT2D eigenvalue weighted by Crippen LogP contribution is 2.19. The Morgan fingerprint density at radius 1 is 1.26 bits per heavy atom. The van der Waals surface area contributed by atoms with Crippen LogP contribution >= 0.6 is 15.9 Å². The van der Waals surface area contributed by atoms with Crippen LogP contribution in [0.3, 0.4) is 0 Å². The van der Waals surface area contributed by atoms with Crippen molar-refractivity contribution in [2.24, 2.45) is 0 Å². The number of aryl methyl sites for hydroxylation is 1. The summed E-state index contributed by atoms with van der Waals surface area (Å²) in [6.07, 6.45) is 0. The van der Waals surface area contributed by atoms with Crippen molar-refractivity contribution >= 4 is 33.2 Å². The Bertz CT molecular complexity index is 623. The zero-order valence-electron chi connectivity index (χ0n) is 10.2. The molecule has 0 aromatic heterocycles. The lowest BCUT2D eigenvalue weighted by Crippen LogP contribution is -2.13. The van der Waals surface area contributed by atoms with E-state index in [0.717, 1.165) is 10.0 Å². The van der Waals surface area contributed by atoms with E-state index in [9.17, 15) is 9.18 Å². The molecule has 0 aliphatic rings. The third kappa shape index (κ3) is 3.32. The first-order valence-corrected chi connectivity index (χ1v) is 6.38. The molecule has 0 unspecified atom stereocenters. The summed E-state index contributed by atoms with van der Waals surface area (Å²) in [6.45, 7) is 1.83. The van der Waals surface area contributed by atoms with Gasteiger partial charge >= 0.3 is 0 Å². The molecule has 0 aliphatic carbocycles. The second kappa shape index (κ2) is 5.40. The van der Waals surface area contributed by atoms with Gasteiger partial charge in [-0.15, -0.1) is 0 Å². The number of hydrogen-bond acceptors (Lipinski definition) is 2. The van der Waals surface area contributed by atoms with Gasteiger partial charge in [-0.05, 0) is 42.8 Å². The summed E-state index contributed by atoms with van der Waals surface area (Å²) in [4.78, 5) is 12.1. The summed E-state index contributed by atoms with van der Waals surface area (Å²) in [5.41, 5.74) is 7.49. The maximum Gasteiger partial charge on any atom is 0.255 e. The number of nitrogens with two attached hydrogens (primary N) is 1. The molecule has 1 amide bonds. The monoisotopic (exact) mass is 322 g/mol. The number of nitrogen functional groups attached to an aromatic ring is 1. The molecule has 2 rings (SSSR count). The molecule has 0 radical (unpaired) electrons. The lowest BCUT2D eigenvalue weighted by Gasteiger charge is -2.09. The van der Waals surface area contributed by atoms with E-state index in [-0.39, 0.29) is 11.6 Å². The molecule has 19 heavy (non-hydrogen) atoms. The van der Waals surface area contributed by atoms with Crippen molar-refractivity contribution in [2.75, 3.05) is 11.1 Å². The molecule has 2 aromatic rings. The number of nitrogens with one attached hydrogen (secondary N) is 1. The first kappa shape index (κ1) is 13.5. The molecule has 0 fully saturated rings. The minimum absolute atomic E-state index is 0.265. The van der Waals surface area contributed by atoms with Gasteiger partial charge in [-0.1, -0.05) is 22.0 Å². The van der Waals surface area contributed by atoms with Crippen LogP contribution in [0, 0.1) is 12.7 Å². The topological polar surface area (TPSA) is 55.1 Å². The fourth-order valence-electron chi connectivity index (χ4n) is 1.72. The third-order valence-corrected chi connectivity index (χ3v) is 3.12. The first-order chi connectivity index (χ1) is 8.95. The van der Waals surface area contributed by atoms with Crippen molar-refractivity contribution < 1.29 is 9.18 Å². The van der Waals surface area contributed by atoms with Gasteiger partial charge in [0.05, 0.1) is 0 Å². The number of hydrogen-bond donors (Lipinski definition) is 2. The zero-order valence-corrected chi connectivity index (χ0v) is 11.8. The normalized spacial score (nSPS) is 10.3. The van der Waals surface area contributed by atoms with Gasteiger partial charge in [-0.25, -0.2) is 4.39 Å². The zero-order chi connectivity index (χ0) is 14.0. The minimum atomic E-state index is -0.485. The van der Waals surface area contributed by atoms with E-state index in [4.69, 9.17) is 5.73 Å². The highest BCUT2D eigenvalue weighted by atomic mass is 79.9. The average molecular weight is 323 g/mol. The second-order valence-corrected chi connectivity index (χ2v) is 5.10. The Morgan fingerprint density at radius 2 is 2.00 bits per heavy atom. The Morgan fingerprint density at radius 3 is 2.68 bits per heavy atom. The van der Waals surface area contributed by atoms with Crippen LogP contribution in [-0.2, 0) is 0 Å².